The van der Waals surface area contributed by atoms with Crippen molar-refractivity contribution in [1.82, 2.24) is 5.43 Å². The van der Waals surface area contributed by atoms with Crippen molar-refractivity contribution in [3.8, 4) is 5.75 Å². The third-order valence-electron chi connectivity index (χ3n) is 2.97. The number of anilines is 1. The minimum absolute atomic E-state index is 0.0969. The fourth-order valence-corrected chi connectivity index (χ4v) is 2.29. The van der Waals surface area contributed by atoms with Gasteiger partial charge in [0.25, 0.3) is 5.91 Å². The van der Waals surface area contributed by atoms with Gasteiger partial charge in [0.2, 0.25) is 0 Å². The van der Waals surface area contributed by atoms with Crippen molar-refractivity contribution >= 4 is 41.0 Å². The lowest BCUT2D eigenvalue weighted by Gasteiger charge is -2.07. The molecule has 2 aromatic carbocycles. The average Bonchev–Trinajstić information content (AvgIpc) is 2.56. The second-order valence-electron chi connectivity index (χ2n) is 4.77. The molecule has 2 rings (SSSR count). The van der Waals surface area contributed by atoms with E-state index in [0.717, 1.165) is 11.4 Å². The van der Waals surface area contributed by atoms with Crippen molar-refractivity contribution in [3.63, 3.8) is 0 Å². The van der Waals surface area contributed by atoms with Crippen LogP contribution < -0.4 is 15.5 Å². The molecule has 0 aliphatic carbocycles. The van der Waals surface area contributed by atoms with E-state index in [0.29, 0.717) is 22.2 Å². The number of nitrogens with zero attached hydrogens (tertiary/aromatic N) is 1. The zero-order chi connectivity index (χ0) is 17.4. The molecule has 0 bridgehead atoms. The molecule has 2 aromatic rings. The van der Waals surface area contributed by atoms with E-state index in [1.54, 1.807) is 18.2 Å². The monoisotopic (exact) mass is 365 g/mol. The third-order valence-corrected chi connectivity index (χ3v) is 3.54. The zero-order valence-corrected chi connectivity index (χ0v) is 14.6. The first kappa shape index (κ1) is 18.1. The topological polar surface area (TPSA) is 62.7 Å². The summed E-state index contributed by atoms with van der Waals surface area (Å²) < 4.78 is 5.35. The highest BCUT2D eigenvalue weighted by Gasteiger charge is 2.01. The Labute approximate surface area is 150 Å². The summed E-state index contributed by atoms with van der Waals surface area (Å²) in [5, 5.41) is 7.88. The molecule has 0 radical (unpaired) electrons. The highest BCUT2D eigenvalue weighted by molar-refractivity contribution is 6.36. The van der Waals surface area contributed by atoms with Gasteiger partial charge in [-0.15, -0.1) is 0 Å². The molecule has 0 saturated heterocycles. The Hall–Kier alpha value is -2.24. The fraction of sp³-hybridized carbons (Fsp3) is 0.176. The molecular weight excluding hydrogens is 349 g/mol. The normalized spacial score (nSPS) is 10.6. The van der Waals surface area contributed by atoms with E-state index in [4.69, 9.17) is 27.9 Å². The van der Waals surface area contributed by atoms with E-state index >= 15 is 0 Å². The molecule has 0 aliphatic rings. The molecule has 0 atom stereocenters. The Kier molecular flexibility index (Phi) is 6.90. The molecule has 1 amide bonds. The molecule has 0 heterocycles. The van der Waals surface area contributed by atoms with Gasteiger partial charge in [-0.3, -0.25) is 4.79 Å². The van der Waals surface area contributed by atoms with Crippen molar-refractivity contribution in [2.75, 3.05) is 18.5 Å². The van der Waals surface area contributed by atoms with Crippen LogP contribution in [0.5, 0.6) is 5.75 Å². The Bertz CT molecular complexity index is 718. The van der Waals surface area contributed by atoms with Crippen molar-refractivity contribution in [2.45, 2.75) is 6.92 Å². The summed E-state index contributed by atoms with van der Waals surface area (Å²) >= 11 is 11.8. The molecule has 7 heteroatoms. The van der Waals surface area contributed by atoms with E-state index in [1.165, 1.54) is 6.21 Å². The van der Waals surface area contributed by atoms with E-state index in [9.17, 15) is 4.79 Å². The summed E-state index contributed by atoms with van der Waals surface area (Å²) in [6.07, 6.45) is 1.47. The third kappa shape index (κ3) is 5.76. The lowest BCUT2D eigenvalue weighted by molar-refractivity contribution is -0.119. The van der Waals surface area contributed by atoms with Crippen LogP contribution in [0.25, 0.3) is 0 Å². The molecule has 0 aliphatic heterocycles. The molecule has 126 valence electrons. The van der Waals surface area contributed by atoms with Crippen LogP contribution in [0.15, 0.2) is 47.6 Å². The van der Waals surface area contributed by atoms with Crippen LogP contribution in [0.2, 0.25) is 10.0 Å². The molecule has 0 fully saturated rings. The number of halogens is 2. The van der Waals surface area contributed by atoms with Crippen molar-refractivity contribution < 1.29 is 9.53 Å². The maximum Gasteiger partial charge on any atom is 0.259 e. The van der Waals surface area contributed by atoms with Crippen LogP contribution >= 0.6 is 23.2 Å². The van der Waals surface area contributed by atoms with Crippen LogP contribution in [-0.2, 0) is 4.79 Å². The SMILES string of the molecule is CCOc1ccc(NCC(=O)N/N=C/c2ccc(Cl)cc2Cl)cc1. The van der Waals surface area contributed by atoms with E-state index in [1.807, 2.05) is 31.2 Å². The Morgan fingerprint density at radius 1 is 1.21 bits per heavy atom. The molecule has 0 spiro atoms. The van der Waals surface area contributed by atoms with Gasteiger partial charge in [0, 0.05) is 16.3 Å². The number of hydrogen-bond acceptors (Lipinski definition) is 4. The number of ether oxygens (including phenoxy) is 1. The van der Waals surface area contributed by atoms with Gasteiger partial charge in [-0.25, -0.2) is 5.43 Å². The van der Waals surface area contributed by atoms with Crippen LogP contribution in [-0.4, -0.2) is 25.3 Å². The zero-order valence-electron chi connectivity index (χ0n) is 13.1. The van der Waals surface area contributed by atoms with Crippen LogP contribution in [0, 0.1) is 0 Å². The number of carbonyl (C=O) groups excluding carboxylic acids is 1. The summed E-state index contributed by atoms with van der Waals surface area (Å²) in [4.78, 5) is 11.7. The first-order valence-electron chi connectivity index (χ1n) is 7.32. The number of rotatable bonds is 7. The van der Waals surface area contributed by atoms with Gasteiger partial charge < -0.3 is 10.1 Å². The Morgan fingerprint density at radius 3 is 2.62 bits per heavy atom. The summed E-state index contributed by atoms with van der Waals surface area (Å²) in [5.74, 6) is 0.516. The van der Waals surface area contributed by atoms with E-state index < -0.39 is 0 Å². The van der Waals surface area contributed by atoms with Gasteiger partial charge in [-0.2, -0.15) is 5.10 Å². The lowest BCUT2D eigenvalue weighted by Crippen LogP contribution is -2.25. The highest BCUT2D eigenvalue weighted by atomic mass is 35.5. The molecule has 24 heavy (non-hydrogen) atoms. The largest absolute Gasteiger partial charge is 0.494 e. The van der Waals surface area contributed by atoms with Gasteiger partial charge in [0.1, 0.15) is 5.75 Å². The Morgan fingerprint density at radius 2 is 1.96 bits per heavy atom. The summed E-state index contributed by atoms with van der Waals surface area (Å²) in [6, 6.07) is 12.4. The quantitative estimate of drug-likeness (QED) is 0.576. The number of hydrogen-bond donors (Lipinski definition) is 2. The number of amides is 1. The molecule has 0 aromatic heterocycles. The van der Waals surface area contributed by atoms with Crippen LogP contribution in [0.1, 0.15) is 12.5 Å². The Balaban J connectivity index is 1.79. The smallest absolute Gasteiger partial charge is 0.259 e. The molecular formula is C17H17Cl2N3O2. The summed E-state index contributed by atoms with van der Waals surface area (Å²) in [5.41, 5.74) is 3.91. The standard InChI is InChI=1S/C17H17Cl2N3O2/c1-2-24-15-7-5-14(6-8-15)20-11-17(23)22-21-10-12-3-4-13(18)9-16(12)19/h3-10,20H,2,11H2,1H3,(H,22,23)/b21-10+. The van der Waals surface area contributed by atoms with Gasteiger partial charge in [-0.05, 0) is 43.3 Å². The van der Waals surface area contributed by atoms with Crippen molar-refractivity contribution in [3.05, 3.63) is 58.1 Å². The molecule has 0 unspecified atom stereocenters. The summed E-state index contributed by atoms with van der Waals surface area (Å²) in [7, 11) is 0. The number of hydrazone groups is 1. The van der Waals surface area contributed by atoms with Crippen molar-refractivity contribution in [1.29, 1.82) is 0 Å². The maximum atomic E-state index is 11.7. The molecule has 0 saturated carbocycles. The lowest BCUT2D eigenvalue weighted by atomic mass is 10.2. The predicted octanol–water partition coefficient (Wildman–Crippen LogP) is 3.95. The first-order chi connectivity index (χ1) is 11.6. The number of carbonyl (C=O) groups is 1. The molecule has 5 nitrogen and oxygen atoms in total. The summed E-state index contributed by atoms with van der Waals surface area (Å²) in [6.45, 7) is 2.64. The minimum Gasteiger partial charge on any atom is -0.494 e. The first-order valence-corrected chi connectivity index (χ1v) is 8.07. The van der Waals surface area contributed by atoms with Crippen LogP contribution in [0.4, 0.5) is 5.69 Å². The number of nitrogens with one attached hydrogen (secondary N) is 2. The maximum absolute atomic E-state index is 11.7. The van der Waals surface area contributed by atoms with E-state index in [2.05, 4.69) is 15.8 Å². The highest BCUT2D eigenvalue weighted by Crippen LogP contribution is 2.19. The van der Waals surface area contributed by atoms with Gasteiger partial charge in [0.15, 0.2) is 0 Å². The van der Waals surface area contributed by atoms with Crippen molar-refractivity contribution in [2.24, 2.45) is 5.10 Å². The predicted molar refractivity (Wildman–Crippen MR) is 98.3 cm³/mol. The van der Waals surface area contributed by atoms with E-state index in [-0.39, 0.29) is 12.5 Å². The van der Waals surface area contributed by atoms with Gasteiger partial charge in [0.05, 0.1) is 24.4 Å². The fourth-order valence-electron chi connectivity index (χ4n) is 1.84. The van der Waals surface area contributed by atoms with Gasteiger partial charge in [-0.1, -0.05) is 29.3 Å². The minimum atomic E-state index is -0.273. The second kappa shape index (κ2) is 9.15. The van der Waals surface area contributed by atoms with Crippen LogP contribution in [0.3, 0.4) is 0 Å². The number of benzene rings is 2. The van der Waals surface area contributed by atoms with Gasteiger partial charge >= 0.3 is 0 Å². The second-order valence-corrected chi connectivity index (χ2v) is 5.61. The average molecular weight is 366 g/mol. The molecule has 2 N–H and O–H groups in total.